The molecule has 4 nitrogen and oxygen atoms in total. The summed E-state index contributed by atoms with van der Waals surface area (Å²) in [5.74, 6) is -0.478. The molecule has 1 aliphatic heterocycles. The summed E-state index contributed by atoms with van der Waals surface area (Å²) < 4.78 is 12.9. The van der Waals surface area contributed by atoms with Crippen molar-refractivity contribution in [2.45, 2.75) is 32.4 Å². The lowest BCUT2D eigenvalue weighted by Gasteiger charge is -2.38. The van der Waals surface area contributed by atoms with E-state index in [1.54, 1.807) is 6.92 Å². The Bertz CT molecular complexity index is 501. The van der Waals surface area contributed by atoms with Crippen molar-refractivity contribution < 1.29 is 14.0 Å². The molecule has 1 aromatic rings. The number of carbonyl (C=O) groups is 2. The van der Waals surface area contributed by atoms with E-state index in [2.05, 4.69) is 5.32 Å². The van der Waals surface area contributed by atoms with E-state index < -0.39 is 6.04 Å². The average Bonchev–Trinajstić information content (AvgIpc) is 2.46. The van der Waals surface area contributed by atoms with Gasteiger partial charge in [0.15, 0.2) is 5.78 Å². The first-order valence-electron chi connectivity index (χ1n) is 6.87. The summed E-state index contributed by atoms with van der Waals surface area (Å²) in [5, 5.41) is 2.81. The smallest absolute Gasteiger partial charge is 0.237 e. The number of rotatable bonds is 4. The molecule has 0 bridgehead atoms. The van der Waals surface area contributed by atoms with Gasteiger partial charge < -0.3 is 5.32 Å². The monoisotopic (exact) mass is 278 g/mol. The van der Waals surface area contributed by atoms with Gasteiger partial charge in [0.1, 0.15) is 5.82 Å². The third-order valence-electron chi connectivity index (χ3n) is 3.76. The van der Waals surface area contributed by atoms with E-state index in [1.807, 2.05) is 11.8 Å². The number of hydrogen-bond donors (Lipinski definition) is 1. The topological polar surface area (TPSA) is 49.4 Å². The van der Waals surface area contributed by atoms with Crippen molar-refractivity contribution in [2.24, 2.45) is 0 Å². The van der Waals surface area contributed by atoms with Gasteiger partial charge in [-0.15, -0.1) is 0 Å². The first kappa shape index (κ1) is 14.7. The average molecular weight is 278 g/mol. The second kappa shape index (κ2) is 6.13. The lowest BCUT2D eigenvalue weighted by molar-refractivity contribution is -0.129. The maximum absolute atomic E-state index is 12.9. The van der Waals surface area contributed by atoms with Crippen LogP contribution in [0.25, 0.3) is 0 Å². The Labute approximate surface area is 118 Å². The molecule has 0 radical (unpaired) electrons. The number of hydrogen-bond acceptors (Lipinski definition) is 3. The van der Waals surface area contributed by atoms with Gasteiger partial charge in [-0.3, -0.25) is 14.5 Å². The highest BCUT2D eigenvalue weighted by Crippen LogP contribution is 2.16. The van der Waals surface area contributed by atoms with Gasteiger partial charge in [-0.05, 0) is 37.6 Å². The number of nitrogens with one attached hydrogen (secondary N) is 1. The van der Waals surface area contributed by atoms with Gasteiger partial charge in [0.25, 0.3) is 0 Å². The predicted octanol–water partition coefficient (Wildman–Crippen LogP) is 1.61. The zero-order valence-corrected chi connectivity index (χ0v) is 11.7. The van der Waals surface area contributed by atoms with Gasteiger partial charge in [-0.1, -0.05) is 6.92 Å². The maximum atomic E-state index is 12.9. The van der Waals surface area contributed by atoms with E-state index >= 15 is 0 Å². The number of ketones is 1. The van der Waals surface area contributed by atoms with Gasteiger partial charge in [-0.25, -0.2) is 4.39 Å². The maximum Gasteiger partial charge on any atom is 0.237 e. The normalized spacial score (nSPS) is 21.4. The molecule has 2 unspecified atom stereocenters. The zero-order valence-electron chi connectivity index (χ0n) is 11.7. The molecule has 2 atom stereocenters. The number of carbonyl (C=O) groups excluding carboxylic acids is 2. The van der Waals surface area contributed by atoms with Crippen LogP contribution in [0, 0.1) is 5.82 Å². The molecule has 2 rings (SSSR count). The number of piperazine rings is 1. The molecule has 1 amide bonds. The molecule has 1 fully saturated rings. The third kappa shape index (κ3) is 2.88. The summed E-state index contributed by atoms with van der Waals surface area (Å²) in [7, 11) is 0. The Hall–Kier alpha value is -1.75. The number of Topliss-reactive ketones (excluding diaryl/α,β-unsaturated/α-hetero) is 1. The fourth-order valence-corrected chi connectivity index (χ4v) is 2.62. The van der Waals surface area contributed by atoms with Crippen LogP contribution in [0.4, 0.5) is 4.39 Å². The minimum absolute atomic E-state index is 0.0301. The van der Waals surface area contributed by atoms with Gasteiger partial charge in [0.2, 0.25) is 5.91 Å². The van der Waals surface area contributed by atoms with Crippen LogP contribution in [0.2, 0.25) is 0 Å². The zero-order chi connectivity index (χ0) is 14.7. The van der Waals surface area contributed by atoms with Crippen LogP contribution in [-0.2, 0) is 4.79 Å². The molecule has 1 N–H and O–H groups in total. The molecule has 0 aromatic heterocycles. The van der Waals surface area contributed by atoms with Crippen LogP contribution in [0.1, 0.15) is 30.6 Å². The van der Waals surface area contributed by atoms with Crippen LogP contribution in [0.5, 0.6) is 0 Å². The first-order valence-corrected chi connectivity index (χ1v) is 6.87. The Morgan fingerprint density at radius 3 is 2.70 bits per heavy atom. The second-order valence-corrected chi connectivity index (χ2v) is 5.00. The van der Waals surface area contributed by atoms with Crippen LogP contribution in [0.15, 0.2) is 24.3 Å². The van der Waals surface area contributed by atoms with Crippen molar-refractivity contribution in [3.05, 3.63) is 35.6 Å². The van der Waals surface area contributed by atoms with Gasteiger partial charge in [-0.2, -0.15) is 0 Å². The summed E-state index contributed by atoms with van der Waals surface area (Å²) in [6.45, 7) is 4.93. The molecule has 1 heterocycles. The van der Waals surface area contributed by atoms with Crippen molar-refractivity contribution in [1.29, 1.82) is 0 Å². The largest absolute Gasteiger partial charge is 0.353 e. The number of benzene rings is 1. The van der Waals surface area contributed by atoms with Crippen molar-refractivity contribution in [1.82, 2.24) is 10.2 Å². The highest BCUT2D eigenvalue weighted by Gasteiger charge is 2.34. The van der Waals surface area contributed by atoms with E-state index in [0.717, 1.165) is 0 Å². The van der Waals surface area contributed by atoms with E-state index in [-0.39, 0.29) is 23.5 Å². The Balaban J connectivity index is 2.16. The highest BCUT2D eigenvalue weighted by atomic mass is 19.1. The van der Waals surface area contributed by atoms with Gasteiger partial charge in [0.05, 0.1) is 12.1 Å². The molecule has 1 saturated heterocycles. The van der Waals surface area contributed by atoms with Gasteiger partial charge >= 0.3 is 0 Å². The van der Waals surface area contributed by atoms with E-state index in [4.69, 9.17) is 0 Å². The van der Waals surface area contributed by atoms with Gasteiger partial charge in [0, 0.05) is 18.7 Å². The molecule has 108 valence electrons. The molecular formula is C15H19FN2O2. The fraction of sp³-hybridized carbons (Fsp3) is 0.467. The minimum atomic E-state index is -0.392. The first-order chi connectivity index (χ1) is 9.54. The van der Waals surface area contributed by atoms with Crippen molar-refractivity contribution in [3.8, 4) is 0 Å². The van der Waals surface area contributed by atoms with Crippen molar-refractivity contribution in [2.75, 3.05) is 13.1 Å². The van der Waals surface area contributed by atoms with E-state index in [1.165, 1.54) is 24.3 Å². The quantitative estimate of drug-likeness (QED) is 0.851. The standard InChI is InChI=1S/C15H19FN2O2/c1-3-13-15(20)17-8-9-18(13)10(2)14(19)11-4-6-12(16)7-5-11/h4-7,10,13H,3,8-9H2,1-2H3,(H,17,20). The molecule has 0 aliphatic carbocycles. The lowest BCUT2D eigenvalue weighted by Crippen LogP contribution is -2.59. The summed E-state index contributed by atoms with van der Waals surface area (Å²) in [5.41, 5.74) is 0.472. The summed E-state index contributed by atoms with van der Waals surface area (Å²) in [6, 6.07) is 4.86. The Kier molecular flexibility index (Phi) is 4.49. The summed E-state index contributed by atoms with van der Waals surface area (Å²) in [4.78, 5) is 26.2. The molecule has 20 heavy (non-hydrogen) atoms. The number of amides is 1. The third-order valence-corrected chi connectivity index (χ3v) is 3.76. The Morgan fingerprint density at radius 2 is 2.10 bits per heavy atom. The van der Waals surface area contributed by atoms with Crippen LogP contribution >= 0.6 is 0 Å². The second-order valence-electron chi connectivity index (χ2n) is 5.00. The van der Waals surface area contributed by atoms with Crippen molar-refractivity contribution in [3.63, 3.8) is 0 Å². The predicted molar refractivity (Wildman–Crippen MR) is 74.0 cm³/mol. The molecule has 0 saturated carbocycles. The Morgan fingerprint density at radius 1 is 1.45 bits per heavy atom. The summed E-state index contributed by atoms with van der Waals surface area (Å²) in [6.07, 6.45) is 0.660. The van der Waals surface area contributed by atoms with E-state index in [9.17, 15) is 14.0 Å². The summed E-state index contributed by atoms with van der Waals surface area (Å²) >= 11 is 0. The lowest BCUT2D eigenvalue weighted by atomic mass is 10.00. The molecule has 1 aromatic carbocycles. The highest BCUT2D eigenvalue weighted by molar-refractivity contribution is 6.00. The molecule has 0 spiro atoms. The van der Waals surface area contributed by atoms with Crippen LogP contribution in [0.3, 0.4) is 0 Å². The number of nitrogens with zero attached hydrogens (tertiary/aromatic N) is 1. The SMILES string of the molecule is CCC1C(=O)NCCN1C(C)C(=O)c1ccc(F)cc1. The molecular weight excluding hydrogens is 259 g/mol. The van der Waals surface area contributed by atoms with Crippen LogP contribution in [-0.4, -0.2) is 41.8 Å². The van der Waals surface area contributed by atoms with Crippen molar-refractivity contribution >= 4 is 11.7 Å². The van der Waals surface area contributed by atoms with E-state index in [0.29, 0.717) is 25.1 Å². The van der Waals surface area contributed by atoms with Crippen LogP contribution < -0.4 is 5.32 Å². The number of halogens is 1. The molecule has 1 aliphatic rings. The minimum Gasteiger partial charge on any atom is -0.353 e. The molecule has 5 heteroatoms. The fourth-order valence-electron chi connectivity index (χ4n) is 2.62.